The van der Waals surface area contributed by atoms with Crippen LogP contribution in [0.2, 0.25) is 0 Å². The molecule has 0 aromatic heterocycles. The maximum absolute atomic E-state index is 13.5. The smallest absolute Gasteiger partial charge is 0.316 e. The van der Waals surface area contributed by atoms with Crippen molar-refractivity contribution in [2.45, 2.75) is 43.8 Å². The number of benzene rings is 1. The molecule has 2 N–H and O–H groups in total. The van der Waals surface area contributed by atoms with Gasteiger partial charge in [-0.15, -0.1) is 0 Å². The first-order chi connectivity index (χ1) is 10.3. The Labute approximate surface area is 128 Å². The number of alkyl halides is 3. The van der Waals surface area contributed by atoms with Gasteiger partial charge in [0.05, 0.1) is 0 Å². The molecule has 0 amide bonds. The van der Waals surface area contributed by atoms with Crippen LogP contribution < -0.4 is 10.6 Å². The molecule has 6 heteroatoms. The van der Waals surface area contributed by atoms with Crippen LogP contribution in [0.5, 0.6) is 0 Å². The van der Waals surface area contributed by atoms with E-state index in [1.165, 1.54) is 12.1 Å². The minimum atomic E-state index is -4.24. The van der Waals surface area contributed by atoms with Crippen LogP contribution in [0.25, 0.3) is 0 Å². The fraction of sp³-hybridized carbons (Fsp3) is 0.625. The Hall–Kier alpha value is -1.14. The molecule has 1 heterocycles. The molecule has 0 bridgehead atoms. The van der Waals surface area contributed by atoms with Crippen molar-refractivity contribution in [3.63, 3.8) is 0 Å². The van der Waals surface area contributed by atoms with Crippen LogP contribution >= 0.6 is 0 Å². The van der Waals surface area contributed by atoms with Crippen LogP contribution in [0.1, 0.15) is 31.7 Å². The zero-order valence-corrected chi connectivity index (χ0v) is 12.6. The van der Waals surface area contributed by atoms with Crippen LogP contribution in [-0.2, 0) is 5.41 Å². The van der Waals surface area contributed by atoms with Gasteiger partial charge in [0.25, 0.3) is 0 Å². The molecule has 1 fully saturated rings. The third-order valence-electron chi connectivity index (χ3n) is 4.45. The molecule has 1 aliphatic rings. The summed E-state index contributed by atoms with van der Waals surface area (Å²) in [6.07, 6.45) is -1.91. The molecule has 0 unspecified atom stereocenters. The molecule has 0 radical (unpaired) electrons. The van der Waals surface area contributed by atoms with E-state index in [0.29, 0.717) is 13.0 Å². The minimum absolute atomic E-state index is 0.249. The maximum atomic E-state index is 13.5. The molecule has 2 rings (SSSR count). The highest BCUT2D eigenvalue weighted by Gasteiger charge is 2.37. The van der Waals surface area contributed by atoms with Crippen molar-refractivity contribution in [1.82, 2.24) is 10.6 Å². The highest BCUT2D eigenvalue weighted by Crippen LogP contribution is 2.35. The quantitative estimate of drug-likeness (QED) is 0.813. The Bertz CT molecular complexity index is 481. The zero-order valence-electron chi connectivity index (χ0n) is 12.6. The van der Waals surface area contributed by atoms with Gasteiger partial charge < -0.3 is 10.6 Å². The monoisotopic (exact) mass is 318 g/mol. The summed E-state index contributed by atoms with van der Waals surface area (Å²) in [6, 6.07) is 4.88. The first-order valence-electron chi connectivity index (χ1n) is 7.60. The highest BCUT2D eigenvalue weighted by molar-refractivity contribution is 5.27. The van der Waals surface area contributed by atoms with Crippen molar-refractivity contribution in [2.24, 2.45) is 0 Å². The Kier molecular flexibility index (Phi) is 5.45. The van der Waals surface area contributed by atoms with Crippen molar-refractivity contribution < 1.29 is 17.6 Å². The summed E-state index contributed by atoms with van der Waals surface area (Å²) in [6.45, 7) is 2.93. The molecule has 0 spiro atoms. The van der Waals surface area contributed by atoms with Gasteiger partial charge in [-0.3, -0.25) is 0 Å². The molecule has 1 aromatic carbocycles. The van der Waals surface area contributed by atoms with Crippen LogP contribution in [0.4, 0.5) is 17.6 Å². The van der Waals surface area contributed by atoms with Gasteiger partial charge in [0.1, 0.15) is 11.9 Å². The Morgan fingerprint density at radius 1 is 1.36 bits per heavy atom. The second-order valence-electron chi connectivity index (χ2n) is 6.04. The molecule has 2 atom stereocenters. The van der Waals surface area contributed by atoms with Crippen LogP contribution in [0, 0.1) is 5.82 Å². The minimum Gasteiger partial charge on any atom is -0.316 e. The SMILES string of the molecule is C[C@H](NCC[C@]1(c2cccc(F)c2)CCCNC1)C(F)(F)F. The lowest BCUT2D eigenvalue weighted by Gasteiger charge is -2.39. The molecular weight excluding hydrogens is 296 g/mol. The number of piperidine rings is 1. The van der Waals surface area contributed by atoms with Crippen molar-refractivity contribution in [3.05, 3.63) is 35.6 Å². The lowest BCUT2D eigenvalue weighted by atomic mass is 9.72. The zero-order chi connectivity index (χ0) is 16.2. The first kappa shape index (κ1) is 17.2. The van der Waals surface area contributed by atoms with Crippen LogP contribution in [0.3, 0.4) is 0 Å². The third kappa shape index (κ3) is 4.20. The number of rotatable bonds is 5. The molecular formula is C16H22F4N2. The second kappa shape index (κ2) is 6.96. The lowest BCUT2D eigenvalue weighted by molar-refractivity contribution is -0.151. The van der Waals surface area contributed by atoms with Gasteiger partial charge in [0, 0.05) is 12.0 Å². The topological polar surface area (TPSA) is 24.1 Å². The van der Waals surface area contributed by atoms with E-state index in [1.807, 2.05) is 6.07 Å². The third-order valence-corrected chi connectivity index (χ3v) is 4.45. The predicted octanol–water partition coefficient (Wildman–Crippen LogP) is 3.38. The fourth-order valence-corrected chi connectivity index (χ4v) is 3.03. The Morgan fingerprint density at radius 3 is 2.73 bits per heavy atom. The second-order valence-corrected chi connectivity index (χ2v) is 6.04. The van der Waals surface area contributed by atoms with E-state index in [2.05, 4.69) is 10.6 Å². The summed E-state index contributed by atoms with van der Waals surface area (Å²) in [7, 11) is 0. The number of hydrogen-bond donors (Lipinski definition) is 2. The average Bonchev–Trinajstić information content (AvgIpc) is 2.47. The van der Waals surface area contributed by atoms with Crippen LogP contribution in [0.15, 0.2) is 24.3 Å². The lowest BCUT2D eigenvalue weighted by Crippen LogP contribution is -2.47. The molecule has 1 aliphatic heterocycles. The van der Waals surface area contributed by atoms with Crippen molar-refractivity contribution in [2.75, 3.05) is 19.6 Å². The molecule has 2 nitrogen and oxygen atoms in total. The predicted molar refractivity (Wildman–Crippen MR) is 78.3 cm³/mol. The van der Waals surface area contributed by atoms with Gasteiger partial charge in [0.15, 0.2) is 0 Å². The maximum Gasteiger partial charge on any atom is 0.403 e. The summed E-state index contributed by atoms with van der Waals surface area (Å²) in [5, 5.41) is 5.82. The van der Waals surface area contributed by atoms with Crippen molar-refractivity contribution in [3.8, 4) is 0 Å². The van der Waals surface area contributed by atoms with Gasteiger partial charge in [-0.05, 0) is 57.0 Å². The van der Waals surface area contributed by atoms with Gasteiger partial charge in [-0.2, -0.15) is 13.2 Å². The molecule has 1 aromatic rings. The average molecular weight is 318 g/mol. The van der Waals surface area contributed by atoms with E-state index in [4.69, 9.17) is 0 Å². The van der Waals surface area contributed by atoms with Crippen LogP contribution in [-0.4, -0.2) is 31.9 Å². The standard InChI is InChI=1S/C16H22F4N2/c1-12(16(18,19)20)22-9-7-15(6-3-8-21-11-15)13-4-2-5-14(17)10-13/h2,4-5,10,12,21-22H,3,6-9,11H2,1H3/t12-,15+/m0/s1. The number of halogens is 4. The van der Waals surface area contributed by atoms with Gasteiger partial charge in [-0.1, -0.05) is 12.1 Å². The molecule has 124 valence electrons. The molecule has 0 saturated carbocycles. The van der Waals surface area contributed by atoms with Gasteiger partial charge in [-0.25, -0.2) is 4.39 Å². The van der Waals surface area contributed by atoms with Crippen molar-refractivity contribution >= 4 is 0 Å². The normalized spacial score (nSPS) is 24.2. The largest absolute Gasteiger partial charge is 0.403 e. The van der Waals surface area contributed by atoms with Gasteiger partial charge in [0.2, 0.25) is 0 Å². The Morgan fingerprint density at radius 2 is 2.14 bits per heavy atom. The summed E-state index contributed by atoms with van der Waals surface area (Å²) in [4.78, 5) is 0. The fourth-order valence-electron chi connectivity index (χ4n) is 3.03. The van der Waals surface area contributed by atoms with Crippen molar-refractivity contribution in [1.29, 1.82) is 0 Å². The molecule has 22 heavy (non-hydrogen) atoms. The van der Waals surface area contributed by atoms with E-state index < -0.39 is 12.2 Å². The van der Waals surface area contributed by atoms with E-state index >= 15 is 0 Å². The van der Waals surface area contributed by atoms with E-state index in [-0.39, 0.29) is 17.8 Å². The summed E-state index contributed by atoms with van der Waals surface area (Å²) < 4.78 is 51.2. The molecule has 0 aliphatic carbocycles. The summed E-state index contributed by atoms with van der Waals surface area (Å²) in [5.41, 5.74) is 0.555. The van der Waals surface area contributed by atoms with E-state index in [9.17, 15) is 17.6 Å². The summed E-state index contributed by atoms with van der Waals surface area (Å²) >= 11 is 0. The van der Waals surface area contributed by atoms with Gasteiger partial charge >= 0.3 is 6.18 Å². The highest BCUT2D eigenvalue weighted by atomic mass is 19.4. The van der Waals surface area contributed by atoms with E-state index in [0.717, 1.165) is 31.9 Å². The number of hydrogen-bond acceptors (Lipinski definition) is 2. The first-order valence-corrected chi connectivity index (χ1v) is 7.60. The summed E-state index contributed by atoms with van der Waals surface area (Å²) in [5.74, 6) is -0.306. The van der Waals surface area contributed by atoms with E-state index in [1.54, 1.807) is 6.07 Å². The number of nitrogens with one attached hydrogen (secondary N) is 2. The Balaban J connectivity index is 2.07. The molecule has 1 saturated heterocycles.